The van der Waals surface area contributed by atoms with E-state index in [-0.39, 0.29) is 24.3 Å². The fourth-order valence-electron chi connectivity index (χ4n) is 2.21. The van der Waals surface area contributed by atoms with Crippen LogP contribution in [0.1, 0.15) is 18.4 Å². The standard InChI is InChI=1S/C15H18N2O3/c16-12-6-5-11(9-12)15(20)17-13-3-1-2-10(8-13)4-7-14(18)19/h1-3,5-6,8,11-12H,4,7,9,16H2,(H,17,20)(H,18,19). The first kappa shape index (κ1) is 14.3. The predicted octanol–water partition coefficient (Wildman–Crippen LogP) is 1.55. The number of rotatable bonds is 5. The van der Waals surface area contributed by atoms with Crippen molar-refractivity contribution in [3.05, 3.63) is 42.0 Å². The van der Waals surface area contributed by atoms with Gasteiger partial charge in [0, 0.05) is 18.2 Å². The van der Waals surface area contributed by atoms with Gasteiger partial charge >= 0.3 is 5.97 Å². The van der Waals surface area contributed by atoms with Crippen LogP contribution in [0.2, 0.25) is 0 Å². The molecule has 0 radical (unpaired) electrons. The lowest BCUT2D eigenvalue weighted by Gasteiger charge is -2.11. The number of carboxylic acid groups (broad SMARTS) is 1. The van der Waals surface area contributed by atoms with Gasteiger partial charge in [-0.05, 0) is 30.5 Å². The minimum atomic E-state index is -0.829. The maximum absolute atomic E-state index is 12.0. The molecule has 0 bridgehead atoms. The third-order valence-electron chi connectivity index (χ3n) is 3.28. The molecule has 5 heteroatoms. The first-order valence-electron chi connectivity index (χ1n) is 6.60. The largest absolute Gasteiger partial charge is 0.481 e. The third kappa shape index (κ3) is 3.93. The first-order valence-corrected chi connectivity index (χ1v) is 6.60. The van der Waals surface area contributed by atoms with Crippen LogP contribution in [0.4, 0.5) is 5.69 Å². The molecule has 20 heavy (non-hydrogen) atoms. The van der Waals surface area contributed by atoms with Gasteiger partial charge in [0.15, 0.2) is 0 Å². The van der Waals surface area contributed by atoms with Crippen LogP contribution < -0.4 is 11.1 Å². The second-order valence-electron chi connectivity index (χ2n) is 4.97. The fraction of sp³-hybridized carbons (Fsp3) is 0.333. The van der Waals surface area contributed by atoms with Gasteiger partial charge in [-0.25, -0.2) is 0 Å². The molecule has 2 rings (SSSR count). The van der Waals surface area contributed by atoms with E-state index in [9.17, 15) is 9.59 Å². The van der Waals surface area contributed by atoms with Gasteiger partial charge < -0.3 is 16.2 Å². The molecule has 0 saturated carbocycles. The van der Waals surface area contributed by atoms with Crippen LogP contribution in [0.3, 0.4) is 0 Å². The number of amides is 1. The second kappa shape index (κ2) is 6.34. The summed E-state index contributed by atoms with van der Waals surface area (Å²) in [5, 5.41) is 11.5. The molecule has 2 atom stereocenters. The highest BCUT2D eigenvalue weighted by Crippen LogP contribution is 2.19. The Balaban J connectivity index is 1.95. The summed E-state index contributed by atoms with van der Waals surface area (Å²) in [5.41, 5.74) is 7.31. The van der Waals surface area contributed by atoms with Crippen LogP contribution in [-0.4, -0.2) is 23.0 Å². The van der Waals surface area contributed by atoms with Crippen molar-refractivity contribution >= 4 is 17.6 Å². The van der Waals surface area contributed by atoms with Crippen LogP contribution in [0.15, 0.2) is 36.4 Å². The summed E-state index contributed by atoms with van der Waals surface area (Å²) in [7, 11) is 0. The number of nitrogens with one attached hydrogen (secondary N) is 1. The Labute approximate surface area is 117 Å². The molecule has 0 aromatic heterocycles. The van der Waals surface area contributed by atoms with E-state index in [1.54, 1.807) is 12.1 Å². The number of aliphatic carboxylic acids is 1. The van der Waals surface area contributed by atoms with Gasteiger partial charge in [0.1, 0.15) is 0 Å². The molecule has 0 heterocycles. The van der Waals surface area contributed by atoms with Crippen molar-refractivity contribution < 1.29 is 14.7 Å². The van der Waals surface area contributed by atoms with Crippen LogP contribution in [0, 0.1) is 5.92 Å². The first-order chi connectivity index (χ1) is 9.54. The number of benzene rings is 1. The van der Waals surface area contributed by atoms with Crippen molar-refractivity contribution in [2.45, 2.75) is 25.3 Å². The number of nitrogens with two attached hydrogens (primary N) is 1. The SMILES string of the molecule is NC1C=CC(C(=O)Nc2cccc(CCC(=O)O)c2)C1. The zero-order valence-electron chi connectivity index (χ0n) is 11.1. The molecule has 1 aromatic rings. The summed E-state index contributed by atoms with van der Waals surface area (Å²) in [4.78, 5) is 22.6. The van der Waals surface area contributed by atoms with Crippen LogP contribution >= 0.6 is 0 Å². The van der Waals surface area contributed by atoms with Crippen molar-refractivity contribution in [1.82, 2.24) is 0 Å². The minimum Gasteiger partial charge on any atom is -0.481 e. The molecule has 0 aliphatic heterocycles. The molecule has 1 aliphatic rings. The van der Waals surface area contributed by atoms with E-state index in [1.807, 2.05) is 24.3 Å². The molecular weight excluding hydrogens is 256 g/mol. The Morgan fingerprint density at radius 1 is 1.35 bits per heavy atom. The van der Waals surface area contributed by atoms with Crippen molar-refractivity contribution in [3.63, 3.8) is 0 Å². The highest BCUT2D eigenvalue weighted by atomic mass is 16.4. The third-order valence-corrected chi connectivity index (χ3v) is 3.28. The molecule has 1 amide bonds. The number of aryl methyl sites for hydroxylation is 1. The summed E-state index contributed by atoms with van der Waals surface area (Å²) < 4.78 is 0. The Bertz CT molecular complexity index is 540. The highest BCUT2D eigenvalue weighted by Gasteiger charge is 2.22. The van der Waals surface area contributed by atoms with Gasteiger partial charge in [-0.15, -0.1) is 0 Å². The normalized spacial score (nSPS) is 20.9. The summed E-state index contributed by atoms with van der Waals surface area (Å²) in [6.07, 6.45) is 4.83. The van der Waals surface area contributed by atoms with E-state index in [1.165, 1.54) is 0 Å². The van der Waals surface area contributed by atoms with Crippen molar-refractivity contribution in [3.8, 4) is 0 Å². The van der Waals surface area contributed by atoms with Crippen LogP contribution in [-0.2, 0) is 16.0 Å². The van der Waals surface area contributed by atoms with E-state index in [0.29, 0.717) is 18.5 Å². The Morgan fingerprint density at radius 3 is 2.80 bits per heavy atom. The minimum absolute atomic E-state index is 0.0485. The molecular formula is C15H18N2O3. The quantitative estimate of drug-likeness (QED) is 0.710. The topological polar surface area (TPSA) is 92.4 Å². The van der Waals surface area contributed by atoms with E-state index >= 15 is 0 Å². The molecule has 4 N–H and O–H groups in total. The van der Waals surface area contributed by atoms with Gasteiger partial charge in [0.05, 0.1) is 5.92 Å². The maximum atomic E-state index is 12.0. The van der Waals surface area contributed by atoms with Crippen LogP contribution in [0.5, 0.6) is 0 Å². The molecule has 1 aliphatic carbocycles. The summed E-state index contributed by atoms with van der Waals surface area (Å²) >= 11 is 0. The van der Waals surface area contributed by atoms with Crippen LogP contribution in [0.25, 0.3) is 0 Å². The Hall–Kier alpha value is -2.14. The monoisotopic (exact) mass is 274 g/mol. The lowest BCUT2D eigenvalue weighted by atomic mass is 10.1. The number of hydrogen-bond donors (Lipinski definition) is 3. The molecule has 106 valence electrons. The number of carbonyl (C=O) groups excluding carboxylic acids is 1. The molecule has 1 aromatic carbocycles. The highest BCUT2D eigenvalue weighted by molar-refractivity contribution is 5.94. The van der Waals surface area contributed by atoms with Crippen molar-refractivity contribution in [2.24, 2.45) is 11.7 Å². The number of hydrogen-bond acceptors (Lipinski definition) is 3. The summed E-state index contributed by atoms with van der Waals surface area (Å²) in [5.74, 6) is -1.10. The maximum Gasteiger partial charge on any atom is 0.303 e. The lowest BCUT2D eigenvalue weighted by molar-refractivity contribution is -0.137. The van der Waals surface area contributed by atoms with Gasteiger partial charge in [-0.3, -0.25) is 9.59 Å². The van der Waals surface area contributed by atoms with Gasteiger partial charge in [-0.1, -0.05) is 24.3 Å². The van der Waals surface area contributed by atoms with E-state index in [4.69, 9.17) is 10.8 Å². The molecule has 0 fully saturated rings. The van der Waals surface area contributed by atoms with Crippen molar-refractivity contribution in [2.75, 3.05) is 5.32 Å². The van der Waals surface area contributed by atoms with Gasteiger partial charge in [0.25, 0.3) is 0 Å². The van der Waals surface area contributed by atoms with Gasteiger partial charge in [0.2, 0.25) is 5.91 Å². The molecule has 2 unspecified atom stereocenters. The van der Waals surface area contributed by atoms with E-state index < -0.39 is 5.97 Å². The summed E-state index contributed by atoms with van der Waals surface area (Å²) in [6.45, 7) is 0. The fourth-order valence-corrected chi connectivity index (χ4v) is 2.21. The molecule has 0 spiro atoms. The Kier molecular flexibility index (Phi) is 4.53. The average molecular weight is 274 g/mol. The molecule has 0 saturated heterocycles. The van der Waals surface area contributed by atoms with E-state index in [0.717, 1.165) is 5.56 Å². The average Bonchev–Trinajstić information content (AvgIpc) is 2.84. The number of anilines is 1. The predicted molar refractivity (Wildman–Crippen MR) is 76.3 cm³/mol. The Morgan fingerprint density at radius 2 is 2.15 bits per heavy atom. The zero-order chi connectivity index (χ0) is 14.5. The van der Waals surface area contributed by atoms with Gasteiger partial charge in [-0.2, -0.15) is 0 Å². The molecule has 5 nitrogen and oxygen atoms in total. The smallest absolute Gasteiger partial charge is 0.303 e. The lowest BCUT2D eigenvalue weighted by Crippen LogP contribution is -2.24. The van der Waals surface area contributed by atoms with E-state index in [2.05, 4.69) is 5.32 Å². The zero-order valence-corrected chi connectivity index (χ0v) is 11.1. The van der Waals surface area contributed by atoms with Crippen molar-refractivity contribution in [1.29, 1.82) is 0 Å². The second-order valence-corrected chi connectivity index (χ2v) is 4.97. The number of carbonyl (C=O) groups is 2. The number of carboxylic acids is 1. The summed E-state index contributed by atoms with van der Waals surface area (Å²) in [6, 6.07) is 7.21.